The second-order valence-electron chi connectivity index (χ2n) is 6.06. The van der Waals surface area contributed by atoms with Gasteiger partial charge in [0, 0.05) is 5.92 Å². The van der Waals surface area contributed by atoms with Crippen LogP contribution in [0.4, 0.5) is 0 Å². The fraction of sp³-hybridized carbons (Fsp3) is 0.733. The Morgan fingerprint density at radius 3 is 2.81 bits per heavy atom. The van der Waals surface area contributed by atoms with Crippen molar-refractivity contribution in [3.63, 3.8) is 0 Å². The van der Waals surface area contributed by atoms with Crippen LogP contribution in [-0.2, 0) is 4.74 Å². The third-order valence-electron chi connectivity index (χ3n) is 5.00. The van der Waals surface area contributed by atoms with E-state index in [0.717, 1.165) is 11.8 Å². The molecular weight excluding hydrogens is 196 g/mol. The zero-order valence-corrected chi connectivity index (χ0v) is 10.8. The van der Waals surface area contributed by atoms with Gasteiger partial charge in [0.05, 0.1) is 12.2 Å². The molecule has 1 heteroatoms. The molecule has 5 atom stereocenters. The van der Waals surface area contributed by atoms with Gasteiger partial charge in [-0.25, -0.2) is 0 Å². The largest absolute Gasteiger partial charge is 0.369 e. The maximum absolute atomic E-state index is 6.26. The van der Waals surface area contributed by atoms with Crippen LogP contribution in [0.25, 0.3) is 0 Å². The molecule has 0 aromatic rings. The highest BCUT2D eigenvalue weighted by atomic mass is 16.5. The van der Waals surface area contributed by atoms with Crippen molar-refractivity contribution in [1.82, 2.24) is 0 Å². The summed E-state index contributed by atoms with van der Waals surface area (Å²) in [6, 6.07) is 0. The predicted molar refractivity (Wildman–Crippen MR) is 66.2 cm³/mol. The number of hydrogen-bond acceptors (Lipinski definition) is 1. The van der Waals surface area contributed by atoms with Crippen LogP contribution in [0.3, 0.4) is 0 Å². The number of rotatable bonds is 0. The summed E-state index contributed by atoms with van der Waals surface area (Å²) in [5, 5.41) is 0. The molecule has 4 bridgehead atoms. The normalized spacial score (nSPS) is 45.6. The van der Waals surface area contributed by atoms with Crippen molar-refractivity contribution in [3.8, 4) is 0 Å². The van der Waals surface area contributed by atoms with Crippen molar-refractivity contribution < 1.29 is 4.74 Å². The van der Waals surface area contributed by atoms with Gasteiger partial charge in [0.15, 0.2) is 0 Å². The van der Waals surface area contributed by atoms with Gasteiger partial charge < -0.3 is 4.74 Å². The van der Waals surface area contributed by atoms with Crippen LogP contribution in [0.15, 0.2) is 22.8 Å². The first kappa shape index (κ1) is 10.6. The van der Waals surface area contributed by atoms with Gasteiger partial charge in [-0.2, -0.15) is 0 Å². The first-order valence-electron chi connectivity index (χ1n) is 6.58. The van der Waals surface area contributed by atoms with Gasteiger partial charge in [0.25, 0.3) is 0 Å². The lowest BCUT2D eigenvalue weighted by Gasteiger charge is -2.55. The maximum Gasteiger partial charge on any atom is 0.0854 e. The van der Waals surface area contributed by atoms with E-state index in [4.69, 9.17) is 4.74 Å². The molecular formula is C15H22O. The van der Waals surface area contributed by atoms with Crippen molar-refractivity contribution in [1.29, 1.82) is 0 Å². The molecule has 88 valence electrons. The monoisotopic (exact) mass is 218 g/mol. The molecule has 2 saturated heterocycles. The fourth-order valence-electron chi connectivity index (χ4n) is 3.98. The molecule has 1 nitrogen and oxygen atoms in total. The highest BCUT2D eigenvalue weighted by Gasteiger charge is 2.51. The van der Waals surface area contributed by atoms with Crippen molar-refractivity contribution in [3.05, 3.63) is 22.8 Å². The lowest BCUT2D eigenvalue weighted by molar-refractivity contribution is -0.146. The zero-order valence-electron chi connectivity index (χ0n) is 10.8. The van der Waals surface area contributed by atoms with Gasteiger partial charge in [0.1, 0.15) is 0 Å². The standard InChI is InChI=1S/C15H22O/c1-8(2)12-7-13-10(4)11-6-5-9(3)15(16-13)14(11)12/h5,10-11,13-15H,6-7H2,1-4H3. The van der Waals surface area contributed by atoms with Crippen molar-refractivity contribution in [2.45, 2.75) is 52.7 Å². The minimum Gasteiger partial charge on any atom is -0.369 e. The Morgan fingerprint density at radius 2 is 2.12 bits per heavy atom. The average molecular weight is 218 g/mol. The summed E-state index contributed by atoms with van der Waals surface area (Å²) in [6.45, 7) is 9.18. The Balaban J connectivity index is 2.07. The van der Waals surface area contributed by atoms with E-state index in [-0.39, 0.29) is 0 Å². The van der Waals surface area contributed by atoms with Crippen molar-refractivity contribution in [2.75, 3.05) is 0 Å². The summed E-state index contributed by atoms with van der Waals surface area (Å²) in [6.07, 6.45) is 5.75. The van der Waals surface area contributed by atoms with Crippen LogP contribution in [0.5, 0.6) is 0 Å². The van der Waals surface area contributed by atoms with Gasteiger partial charge in [-0.3, -0.25) is 0 Å². The lowest BCUT2D eigenvalue weighted by Crippen LogP contribution is -2.54. The molecule has 0 aromatic heterocycles. The van der Waals surface area contributed by atoms with Gasteiger partial charge in [0.2, 0.25) is 0 Å². The van der Waals surface area contributed by atoms with Gasteiger partial charge in [-0.05, 0) is 51.0 Å². The molecule has 16 heavy (non-hydrogen) atoms. The molecule has 0 spiro atoms. The summed E-state index contributed by atoms with van der Waals surface area (Å²) in [4.78, 5) is 0. The van der Waals surface area contributed by atoms with Crippen LogP contribution < -0.4 is 0 Å². The molecule has 1 saturated carbocycles. The molecule has 4 aliphatic rings. The second kappa shape index (κ2) is 3.46. The number of hydrogen-bond donors (Lipinski definition) is 0. The van der Waals surface area contributed by atoms with E-state index >= 15 is 0 Å². The van der Waals surface area contributed by atoms with Crippen LogP contribution in [0.1, 0.15) is 40.5 Å². The van der Waals surface area contributed by atoms with E-state index in [9.17, 15) is 0 Å². The lowest BCUT2D eigenvalue weighted by atomic mass is 9.59. The Kier molecular flexibility index (Phi) is 2.29. The third-order valence-corrected chi connectivity index (χ3v) is 5.00. The van der Waals surface area contributed by atoms with E-state index < -0.39 is 0 Å². The van der Waals surface area contributed by atoms with Crippen molar-refractivity contribution >= 4 is 0 Å². The molecule has 0 aromatic carbocycles. The Labute approximate surface area is 98.6 Å². The molecule has 0 N–H and O–H groups in total. The zero-order chi connectivity index (χ0) is 11.4. The summed E-state index contributed by atoms with van der Waals surface area (Å²) in [5.41, 5.74) is 4.71. The van der Waals surface area contributed by atoms with E-state index in [2.05, 4.69) is 33.8 Å². The van der Waals surface area contributed by atoms with Crippen LogP contribution in [-0.4, -0.2) is 12.2 Å². The Hall–Kier alpha value is -0.560. The topological polar surface area (TPSA) is 9.23 Å². The summed E-state index contributed by atoms with van der Waals surface area (Å²) >= 11 is 0. The van der Waals surface area contributed by atoms with Gasteiger partial charge >= 0.3 is 0 Å². The summed E-state index contributed by atoms with van der Waals surface area (Å²) in [5.74, 6) is 2.27. The smallest absolute Gasteiger partial charge is 0.0854 e. The molecule has 0 radical (unpaired) electrons. The average Bonchev–Trinajstić information content (AvgIpc) is 2.27. The molecule has 2 aliphatic carbocycles. The number of ether oxygens (including phenoxy) is 1. The van der Waals surface area contributed by atoms with E-state index in [1.165, 1.54) is 24.0 Å². The van der Waals surface area contributed by atoms with Crippen LogP contribution >= 0.6 is 0 Å². The van der Waals surface area contributed by atoms with Crippen LogP contribution in [0, 0.1) is 17.8 Å². The SMILES string of the molecule is CC1=CCC2C(C)C3CC(=C(C)C)C2C1O3. The van der Waals surface area contributed by atoms with Gasteiger partial charge in [-0.1, -0.05) is 24.1 Å². The highest BCUT2D eigenvalue weighted by molar-refractivity contribution is 5.31. The third kappa shape index (κ3) is 1.27. The minimum atomic E-state index is 0.401. The molecule has 3 fully saturated rings. The Morgan fingerprint density at radius 1 is 1.38 bits per heavy atom. The molecule has 4 rings (SSSR count). The van der Waals surface area contributed by atoms with E-state index in [0.29, 0.717) is 18.1 Å². The van der Waals surface area contributed by atoms with E-state index in [1.54, 1.807) is 5.57 Å². The van der Waals surface area contributed by atoms with Crippen molar-refractivity contribution in [2.24, 2.45) is 17.8 Å². The van der Waals surface area contributed by atoms with Gasteiger partial charge in [-0.15, -0.1) is 0 Å². The first-order valence-corrected chi connectivity index (χ1v) is 6.58. The highest BCUT2D eigenvalue weighted by Crippen LogP contribution is 2.54. The molecule has 5 unspecified atom stereocenters. The molecule has 0 amide bonds. The number of fused-ring (bicyclic) bond motifs is 1. The quantitative estimate of drug-likeness (QED) is 0.563. The predicted octanol–water partition coefficient (Wildman–Crippen LogP) is 3.71. The maximum atomic E-state index is 6.26. The Bertz CT molecular complexity index is 373. The summed E-state index contributed by atoms with van der Waals surface area (Å²) in [7, 11) is 0. The van der Waals surface area contributed by atoms with E-state index in [1.807, 2.05) is 0 Å². The first-order chi connectivity index (χ1) is 7.59. The van der Waals surface area contributed by atoms with Crippen LogP contribution in [0.2, 0.25) is 0 Å². The number of allylic oxidation sites excluding steroid dienone is 2. The minimum absolute atomic E-state index is 0.401. The molecule has 2 heterocycles. The molecule has 2 aliphatic heterocycles. The second-order valence-corrected chi connectivity index (χ2v) is 6.06. The fourth-order valence-corrected chi connectivity index (χ4v) is 3.98. The summed E-state index contributed by atoms with van der Waals surface area (Å²) < 4.78 is 6.26.